The highest BCUT2D eigenvalue weighted by Gasteiger charge is 1.98. The molecule has 60 valence electrons. The Labute approximate surface area is 65.7 Å². The maximum Gasteiger partial charge on any atom is 0.137 e. The number of hydrogen-bond acceptors (Lipinski definition) is 3. The minimum atomic E-state index is 0.240. The predicted octanol–water partition coefficient (Wildman–Crippen LogP) is 0.976. The van der Waals surface area contributed by atoms with E-state index < -0.39 is 0 Å². The second kappa shape index (κ2) is 3.93. The predicted molar refractivity (Wildman–Crippen MR) is 41.5 cm³/mol. The van der Waals surface area contributed by atoms with Gasteiger partial charge in [0, 0.05) is 19.7 Å². The number of nitrogens with zero attached hydrogens (tertiary/aromatic N) is 1. The van der Waals surface area contributed by atoms with E-state index in [2.05, 4.69) is 4.98 Å². The zero-order chi connectivity index (χ0) is 8.10. The van der Waals surface area contributed by atoms with Crippen LogP contribution in [0.2, 0.25) is 0 Å². The first-order chi connectivity index (χ1) is 5.34. The third-order valence-corrected chi connectivity index (χ3v) is 1.41. The average Bonchev–Trinajstić information content (AvgIpc) is 2.03. The van der Waals surface area contributed by atoms with Gasteiger partial charge in [-0.05, 0) is 12.1 Å². The first kappa shape index (κ1) is 8.01. The van der Waals surface area contributed by atoms with Gasteiger partial charge in [0.05, 0.1) is 12.3 Å². The molecular formula is C8H11NO2. The molecule has 0 fully saturated rings. The van der Waals surface area contributed by atoms with E-state index >= 15 is 0 Å². The standard InChI is InChI=1S/C8H11NO2/c1-11-6-4-7-8(10)3-2-5-9-7/h2-3,5,10H,4,6H2,1H3. The molecule has 3 heteroatoms. The highest BCUT2D eigenvalue weighted by molar-refractivity contribution is 5.24. The SMILES string of the molecule is COCCc1ncccc1O. The summed E-state index contributed by atoms with van der Waals surface area (Å²) >= 11 is 0. The fourth-order valence-corrected chi connectivity index (χ4v) is 0.821. The van der Waals surface area contributed by atoms with Gasteiger partial charge >= 0.3 is 0 Å². The summed E-state index contributed by atoms with van der Waals surface area (Å²) in [5.41, 5.74) is 0.689. The van der Waals surface area contributed by atoms with Gasteiger partial charge in [-0.15, -0.1) is 0 Å². The first-order valence-electron chi connectivity index (χ1n) is 3.46. The van der Waals surface area contributed by atoms with Crippen molar-refractivity contribution >= 4 is 0 Å². The van der Waals surface area contributed by atoms with Gasteiger partial charge in [0.2, 0.25) is 0 Å². The Morgan fingerprint density at radius 3 is 3.09 bits per heavy atom. The van der Waals surface area contributed by atoms with Gasteiger partial charge in [-0.2, -0.15) is 0 Å². The van der Waals surface area contributed by atoms with Gasteiger partial charge in [-0.25, -0.2) is 0 Å². The summed E-state index contributed by atoms with van der Waals surface area (Å²) in [6, 6.07) is 3.32. The summed E-state index contributed by atoms with van der Waals surface area (Å²) in [6.07, 6.45) is 2.31. The summed E-state index contributed by atoms with van der Waals surface area (Å²) in [5, 5.41) is 9.22. The maximum atomic E-state index is 9.22. The molecule has 0 atom stereocenters. The molecule has 1 heterocycles. The van der Waals surface area contributed by atoms with Gasteiger partial charge in [-0.1, -0.05) is 0 Å². The quantitative estimate of drug-likeness (QED) is 0.703. The molecule has 0 aromatic carbocycles. The zero-order valence-corrected chi connectivity index (χ0v) is 6.45. The molecule has 3 nitrogen and oxygen atoms in total. The number of aromatic nitrogens is 1. The largest absolute Gasteiger partial charge is 0.506 e. The van der Waals surface area contributed by atoms with Crippen LogP contribution in [-0.4, -0.2) is 23.8 Å². The van der Waals surface area contributed by atoms with Gasteiger partial charge in [0.1, 0.15) is 5.75 Å². The number of methoxy groups -OCH3 is 1. The lowest BCUT2D eigenvalue weighted by molar-refractivity contribution is 0.200. The van der Waals surface area contributed by atoms with E-state index in [1.807, 2.05) is 0 Å². The smallest absolute Gasteiger partial charge is 0.137 e. The molecule has 11 heavy (non-hydrogen) atoms. The summed E-state index contributed by atoms with van der Waals surface area (Å²) in [5.74, 6) is 0.240. The molecule has 0 radical (unpaired) electrons. The van der Waals surface area contributed by atoms with Crippen molar-refractivity contribution in [3.63, 3.8) is 0 Å². The molecule has 1 aromatic heterocycles. The molecular weight excluding hydrogens is 142 g/mol. The van der Waals surface area contributed by atoms with E-state index in [0.717, 1.165) is 0 Å². The van der Waals surface area contributed by atoms with Crippen molar-refractivity contribution < 1.29 is 9.84 Å². The second-order valence-electron chi connectivity index (χ2n) is 2.21. The Bertz CT molecular complexity index is 225. The summed E-state index contributed by atoms with van der Waals surface area (Å²) in [7, 11) is 1.62. The van der Waals surface area contributed by atoms with E-state index in [-0.39, 0.29) is 5.75 Å². The maximum absolute atomic E-state index is 9.22. The minimum Gasteiger partial charge on any atom is -0.506 e. The number of aromatic hydroxyl groups is 1. The minimum absolute atomic E-state index is 0.240. The molecule has 1 rings (SSSR count). The Kier molecular flexibility index (Phi) is 2.86. The van der Waals surface area contributed by atoms with Crippen LogP contribution in [0.4, 0.5) is 0 Å². The average molecular weight is 153 g/mol. The Hall–Kier alpha value is -1.09. The number of ether oxygens (including phenoxy) is 1. The normalized spacial score (nSPS) is 9.91. The van der Waals surface area contributed by atoms with Crippen LogP contribution in [0.25, 0.3) is 0 Å². The van der Waals surface area contributed by atoms with Crippen LogP contribution in [0.15, 0.2) is 18.3 Å². The summed E-state index contributed by atoms with van der Waals surface area (Å²) < 4.78 is 4.85. The third kappa shape index (κ3) is 2.20. The van der Waals surface area contributed by atoms with Gasteiger partial charge in [0.25, 0.3) is 0 Å². The van der Waals surface area contributed by atoms with Gasteiger partial charge < -0.3 is 9.84 Å². The molecule has 0 spiro atoms. The van der Waals surface area contributed by atoms with Crippen molar-refractivity contribution in [2.24, 2.45) is 0 Å². The first-order valence-corrected chi connectivity index (χ1v) is 3.46. The van der Waals surface area contributed by atoms with E-state index in [1.165, 1.54) is 0 Å². The Balaban J connectivity index is 2.62. The van der Waals surface area contributed by atoms with E-state index in [0.29, 0.717) is 18.7 Å². The Morgan fingerprint density at radius 1 is 1.64 bits per heavy atom. The van der Waals surface area contributed by atoms with Crippen molar-refractivity contribution in [2.45, 2.75) is 6.42 Å². The second-order valence-corrected chi connectivity index (χ2v) is 2.21. The van der Waals surface area contributed by atoms with Crippen LogP contribution in [0.3, 0.4) is 0 Å². The van der Waals surface area contributed by atoms with Crippen molar-refractivity contribution in [1.82, 2.24) is 4.98 Å². The molecule has 0 amide bonds. The molecule has 0 saturated heterocycles. The zero-order valence-electron chi connectivity index (χ0n) is 6.45. The highest BCUT2D eigenvalue weighted by Crippen LogP contribution is 2.12. The number of pyridine rings is 1. The number of rotatable bonds is 3. The third-order valence-electron chi connectivity index (χ3n) is 1.41. The number of hydrogen-bond donors (Lipinski definition) is 1. The highest BCUT2D eigenvalue weighted by atomic mass is 16.5. The van der Waals surface area contributed by atoms with Crippen molar-refractivity contribution in [1.29, 1.82) is 0 Å². The fraction of sp³-hybridized carbons (Fsp3) is 0.375. The molecule has 0 aliphatic rings. The topological polar surface area (TPSA) is 42.4 Å². The monoisotopic (exact) mass is 153 g/mol. The van der Waals surface area contributed by atoms with Crippen molar-refractivity contribution in [2.75, 3.05) is 13.7 Å². The summed E-state index contributed by atoms with van der Waals surface area (Å²) in [4.78, 5) is 3.99. The molecule has 1 N–H and O–H groups in total. The van der Waals surface area contributed by atoms with Crippen LogP contribution < -0.4 is 0 Å². The van der Waals surface area contributed by atoms with E-state index in [1.54, 1.807) is 25.4 Å². The van der Waals surface area contributed by atoms with E-state index in [4.69, 9.17) is 4.74 Å². The van der Waals surface area contributed by atoms with Crippen LogP contribution in [0.5, 0.6) is 5.75 Å². The molecule has 0 aliphatic carbocycles. The van der Waals surface area contributed by atoms with Crippen LogP contribution >= 0.6 is 0 Å². The van der Waals surface area contributed by atoms with Crippen LogP contribution in [0.1, 0.15) is 5.69 Å². The summed E-state index contributed by atoms with van der Waals surface area (Å²) in [6.45, 7) is 0.588. The van der Waals surface area contributed by atoms with Crippen molar-refractivity contribution in [3.8, 4) is 5.75 Å². The van der Waals surface area contributed by atoms with Gasteiger partial charge in [0.15, 0.2) is 0 Å². The van der Waals surface area contributed by atoms with E-state index in [9.17, 15) is 5.11 Å². The van der Waals surface area contributed by atoms with Gasteiger partial charge in [-0.3, -0.25) is 4.98 Å². The van der Waals surface area contributed by atoms with Crippen LogP contribution in [-0.2, 0) is 11.2 Å². The molecule has 1 aromatic rings. The molecule has 0 bridgehead atoms. The molecule has 0 aliphatic heterocycles. The lowest BCUT2D eigenvalue weighted by atomic mass is 10.2. The van der Waals surface area contributed by atoms with Crippen molar-refractivity contribution in [3.05, 3.63) is 24.0 Å². The molecule has 0 saturated carbocycles. The molecule has 0 unspecified atom stereocenters. The van der Waals surface area contributed by atoms with Crippen LogP contribution in [0, 0.1) is 0 Å². The lowest BCUT2D eigenvalue weighted by Crippen LogP contribution is -1.96. The fourth-order valence-electron chi connectivity index (χ4n) is 0.821. The lowest BCUT2D eigenvalue weighted by Gasteiger charge is -2.00. The Morgan fingerprint density at radius 2 is 2.45 bits per heavy atom.